The first-order valence-electron chi connectivity index (χ1n) is 5.46. The summed E-state index contributed by atoms with van der Waals surface area (Å²) in [6.07, 6.45) is 3.94. The van der Waals surface area contributed by atoms with Crippen molar-refractivity contribution >= 4 is 39.5 Å². The normalized spacial score (nSPS) is 27.4. The maximum Gasteiger partial charge on any atom is 0.331 e. The van der Waals surface area contributed by atoms with E-state index in [1.54, 1.807) is 0 Å². The SMILES string of the molecule is CC1(C(=O)O)C(Br)=CC=C(C(=O)O)C1CCCCl. The number of aliphatic carboxylic acids is 2. The highest BCUT2D eigenvalue weighted by molar-refractivity contribution is 9.11. The third kappa shape index (κ3) is 2.62. The van der Waals surface area contributed by atoms with E-state index in [1.807, 2.05) is 0 Å². The first kappa shape index (κ1) is 15.2. The van der Waals surface area contributed by atoms with Crippen molar-refractivity contribution in [1.82, 2.24) is 0 Å². The van der Waals surface area contributed by atoms with Crippen LogP contribution in [0.5, 0.6) is 0 Å². The number of carboxylic acid groups (broad SMARTS) is 2. The van der Waals surface area contributed by atoms with Gasteiger partial charge in [0.05, 0.1) is 0 Å². The molecule has 4 nitrogen and oxygen atoms in total. The van der Waals surface area contributed by atoms with Crippen molar-refractivity contribution in [2.24, 2.45) is 11.3 Å². The van der Waals surface area contributed by atoms with Gasteiger partial charge in [-0.1, -0.05) is 28.1 Å². The quantitative estimate of drug-likeness (QED) is 0.756. The Morgan fingerprint density at radius 2 is 2.06 bits per heavy atom. The standard InChI is InChI=1S/C12H14BrClO4/c1-12(11(17)18)8(3-2-6-14)7(10(15)16)4-5-9(12)13/h4-5,8H,2-3,6H2,1H3,(H,15,16)(H,17,18). The number of carbonyl (C=O) groups is 2. The zero-order valence-electron chi connectivity index (χ0n) is 9.82. The van der Waals surface area contributed by atoms with Crippen molar-refractivity contribution in [3.63, 3.8) is 0 Å². The molecule has 2 unspecified atom stereocenters. The molecule has 0 aromatic heterocycles. The summed E-state index contributed by atoms with van der Waals surface area (Å²) < 4.78 is 0.479. The second-order valence-corrected chi connectivity index (χ2v) is 5.57. The summed E-state index contributed by atoms with van der Waals surface area (Å²) in [4.78, 5) is 22.7. The molecule has 2 atom stereocenters. The Morgan fingerprint density at radius 1 is 1.44 bits per heavy atom. The van der Waals surface area contributed by atoms with E-state index >= 15 is 0 Å². The van der Waals surface area contributed by atoms with Crippen LogP contribution >= 0.6 is 27.5 Å². The Balaban J connectivity index is 3.23. The van der Waals surface area contributed by atoms with Crippen LogP contribution in [0.2, 0.25) is 0 Å². The molecule has 0 fully saturated rings. The van der Waals surface area contributed by atoms with E-state index in [9.17, 15) is 14.7 Å². The highest BCUT2D eigenvalue weighted by Gasteiger charge is 2.48. The lowest BCUT2D eigenvalue weighted by Crippen LogP contribution is -2.40. The smallest absolute Gasteiger partial charge is 0.331 e. The lowest BCUT2D eigenvalue weighted by atomic mass is 9.68. The molecule has 0 bridgehead atoms. The second kappa shape index (κ2) is 5.89. The molecular formula is C12H14BrClO4. The number of hydrogen-bond donors (Lipinski definition) is 2. The van der Waals surface area contributed by atoms with Crippen molar-refractivity contribution in [3.05, 3.63) is 22.2 Å². The van der Waals surface area contributed by atoms with Gasteiger partial charge in [0.2, 0.25) is 0 Å². The summed E-state index contributed by atoms with van der Waals surface area (Å²) in [6.45, 7) is 1.53. The number of rotatable bonds is 5. The van der Waals surface area contributed by atoms with E-state index in [0.717, 1.165) is 0 Å². The Kier molecular flexibility index (Phi) is 4.99. The third-order valence-corrected chi connectivity index (χ3v) is 4.65. The molecular weight excluding hydrogens is 323 g/mol. The van der Waals surface area contributed by atoms with Crippen LogP contribution in [0.1, 0.15) is 19.8 Å². The maximum absolute atomic E-state index is 11.5. The monoisotopic (exact) mass is 336 g/mol. The summed E-state index contributed by atoms with van der Waals surface area (Å²) in [7, 11) is 0. The molecule has 2 N–H and O–H groups in total. The van der Waals surface area contributed by atoms with Crippen LogP contribution < -0.4 is 0 Å². The molecule has 0 aromatic rings. The van der Waals surface area contributed by atoms with Gasteiger partial charge in [0, 0.05) is 21.9 Å². The first-order valence-corrected chi connectivity index (χ1v) is 6.79. The Hall–Kier alpha value is -0.810. The van der Waals surface area contributed by atoms with Gasteiger partial charge in [-0.3, -0.25) is 4.79 Å². The molecule has 0 saturated heterocycles. The van der Waals surface area contributed by atoms with Gasteiger partial charge in [-0.25, -0.2) is 4.79 Å². The summed E-state index contributed by atoms with van der Waals surface area (Å²) in [5.74, 6) is -2.35. The summed E-state index contributed by atoms with van der Waals surface area (Å²) in [6, 6.07) is 0. The van der Waals surface area contributed by atoms with Crippen molar-refractivity contribution in [1.29, 1.82) is 0 Å². The van der Waals surface area contributed by atoms with Gasteiger partial charge in [-0.05, 0) is 19.8 Å². The molecule has 0 radical (unpaired) electrons. The van der Waals surface area contributed by atoms with Crippen LogP contribution in [0.15, 0.2) is 22.2 Å². The van der Waals surface area contributed by atoms with E-state index in [4.69, 9.17) is 16.7 Å². The van der Waals surface area contributed by atoms with Crippen LogP contribution in [0.25, 0.3) is 0 Å². The van der Waals surface area contributed by atoms with Crippen LogP contribution in [0.4, 0.5) is 0 Å². The van der Waals surface area contributed by atoms with Crippen molar-refractivity contribution in [3.8, 4) is 0 Å². The molecule has 0 aliphatic heterocycles. The number of hydrogen-bond acceptors (Lipinski definition) is 2. The predicted molar refractivity (Wildman–Crippen MR) is 71.9 cm³/mol. The molecule has 0 saturated carbocycles. The number of halogens is 2. The van der Waals surface area contributed by atoms with E-state index in [-0.39, 0.29) is 5.57 Å². The van der Waals surface area contributed by atoms with Crippen LogP contribution in [-0.2, 0) is 9.59 Å². The minimum atomic E-state index is -1.26. The molecule has 0 spiro atoms. The van der Waals surface area contributed by atoms with Crippen molar-refractivity contribution < 1.29 is 19.8 Å². The van der Waals surface area contributed by atoms with Gasteiger partial charge in [0.1, 0.15) is 5.41 Å². The molecule has 6 heteroatoms. The fourth-order valence-electron chi connectivity index (χ4n) is 2.13. The van der Waals surface area contributed by atoms with Crippen LogP contribution in [-0.4, -0.2) is 28.0 Å². The Bertz CT molecular complexity index is 430. The molecule has 0 heterocycles. The van der Waals surface area contributed by atoms with Gasteiger partial charge < -0.3 is 10.2 Å². The van der Waals surface area contributed by atoms with Gasteiger partial charge in [0.25, 0.3) is 0 Å². The van der Waals surface area contributed by atoms with Gasteiger partial charge >= 0.3 is 11.9 Å². The zero-order chi connectivity index (χ0) is 13.9. The third-order valence-electron chi connectivity index (χ3n) is 3.30. The molecule has 18 heavy (non-hydrogen) atoms. The van der Waals surface area contributed by atoms with Crippen LogP contribution in [0.3, 0.4) is 0 Å². The first-order chi connectivity index (χ1) is 8.35. The number of allylic oxidation sites excluding steroid dienone is 2. The molecule has 0 amide bonds. The highest BCUT2D eigenvalue weighted by atomic mass is 79.9. The van der Waals surface area contributed by atoms with Crippen molar-refractivity contribution in [2.45, 2.75) is 19.8 Å². The van der Waals surface area contributed by atoms with E-state index in [2.05, 4.69) is 15.9 Å². The average Bonchev–Trinajstić information content (AvgIpc) is 2.30. The fraction of sp³-hybridized carbons (Fsp3) is 0.500. The topological polar surface area (TPSA) is 74.6 Å². The summed E-state index contributed by atoms with van der Waals surface area (Å²) >= 11 is 8.85. The zero-order valence-corrected chi connectivity index (χ0v) is 12.2. The maximum atomic E-state index is 11.5. The second-order valence-electron chi connectivity index (χ2n) is 4.33. The van der Waals surface area contributed by atoms with Crippen molar-refractivity contribution in [2.75, 3.05) is 5.88 Å². The Labute approximate surface area is 118 Å². The van der Waals surface area contributed by atoms with E-state index in [0.29, 0.717) is 23.2 Å². The molecule has 1 aliphatic rings. The van der Waals surface area contributed by atoms with E-state index in [1.165, 1.54) is 19.1 Å². The molecule has 1 rings (SSSR count). The highest BCUT2D eigenvalue weighted by Crippen LogP contribution is 2.47. The Morgan fingerprint density at radius 3 is 2.50 bits per heavy atom. The van der Waals surface area contributed by atoms with E-state index < -0.39 is 23.3 Å². The number of carboxylic acids is 2. The largest absolute Gasteiger partial charge is 0.481 e. The molecule has 1 aliphatic carbocycles. The van der Waals surface area contributed by atoms with Gasteiger partial charge in [-0.2, -0.15) is 0 Å². The van der Waals surface area contributed by atoms with Gasteiger partial charge in [0.15, 0.2) is 0 Å². The van der Waals surface area contributed by atoms with Gasteiger partial charge in [-0.15, -0.1) is 11.6 Å². The minimum absolute atomic E-state index is 0.119. The fourth-order valence-corrected chi connectivity index (χ4v) is 2.86. The number of alkyl halides is 1. The molecule has 0 aromatic carbocycles. The lowest BCUT2D eigenvalue weighted by molar-refractivity contribution is -0.148. The summed E-state index contributed by atoms with van der Waals surface area (Å²) in [5, 5.41) is 18.6. The van der Waals surface area contributed by atoms with Crippen LogP contribution in [0, 0.1) is 11.3 Å². The summed E-state index contributed by atoms with van der Waals surface area (Å²) in [5.41, 5.74) is -1.14. The molecule has 100 valence electrons. The predicted octanol–water partition coefficient (Wildman–Crippen LogP) is 3.02. The lowest BCUT2D eigenvalue weighted by Gasteiger charge is -2.36. The average molecular weight is 338 g/mol. The minimum Gasteiger partial charge on any atom is -0.481 e.